The SMILES string of the molecule is CCC(C)(/C=C/C(C)(C)C(C)C)c1cc(C(=O)N(CCS(=O)(=O)O)CCS(=O)(=O)O)nc(C(=O)N(CCS(=O)(=O)O)CCS(=O)(=O)O)c1. The van der Waals surface area contributed by atoms with Crippen LogP contribution in [0.4, 0.5) is 0 Å². The third kappa shape index (κ3) is 15.3. The molecule has 48 heavy (non-hydrogen) atoms. The molecule has 0 aliphatic rings. The first kappa shape index (κ1) is 43.5. The van der Waals surface area contributed by atoms with E-state index in [2.05, 4.69) is 4.98 Å². The lowest BCUT2D eigenvalue weighted by atomic mass is 9.75. The molecule has 0 aliphatic heterocycles. The fourth-order valence-corrected chi connectivity index (χ4v) is 5.75. The van der Waals surface area contributed by atoms with Crippen molar-refractivity contribution in [2.75, 3.05) is 49.2 Å². The van der Waals surface area contributed by atoms with Gasteiger partial charge in [-0.2, -0.15) is 33.7 Å². The molecule has 1 unspecified atom stereocenters. The molecule has 1 aromatic rings. The van der Waals surface area contributed by atoms with Crippen molar-refractivity contribution in [1.29, 1.82) is 0 Å². The molecule has 1 heterocycles. The summed E-state index contributed by atoms with van der Waals surface area (Å²) in [5.74, 6) is -6.10. The first-order valence-corrected chi connectivity index (χ1v) is 21.0. The Morgan fingerprint density at radius 1 is 0.688 bits per heavy atom. The van der Waals surface area contributed by atoms with Gasteiger partial charge in [-0.3, -0.25) is 27.8 Å². The molecular weight excluding hydrogens is 719 g/mol. The fourth-order valence-electron chi connectivity index (χ4n) is 3.94. The quantitative estimate of drug-likeness (QED) is 0.115. The monoisotopic (exact) mass is 763 g/mol. The number of pyridine rings is 1. The van der Waals surface area contributed by atoms with Crippen LogP contribution >= 0.6 is 0 Å². The van der Waals surface area contributed by atoms with Gasteiger partial charge in [0.2, 0.25) is 0 Å². The molecule has 276 valence electrons. The second-order valence-corrected chi connectivity index (χ2v) is 18.7. The minimum atomic E-state index is -4.66. The van der Waals surface area contributed by atoms with E-state index in [0.717, 1.165) is 0 Å². The van der Waals surface area contributed by atoms with Crippen molar-refractivity contribution in [1.82, 2.24) is 14.8 Å². The largest absolute Gasteiger partial charge is 0.335 e. The third-order valence-corrected chi connectivity index (χ3v) is 10.9. The topological polar surface area (TPSA) is 271 Å². The maximum Gasteiger partial charge on any atom is 0.272 e. The van der Waals surface area contributed by atoms with Crippen molar-refractivity contribution in [2.45, 2.75) is 53.4 Å². The van der Waals surface area contributed by atoms with Crippen LogP contribution < -0.4 is 0 Å². The molecule has 0 fully saturated rings. The van der Waals surface area contributed by atoms with E-state index in [1.165, 1.54) is 12.1 Å². The zero-order valence-corrected chi connectivity index (χ0v) is 30.9. The fraction of sp³-hybridized carbons (Fsp3) is 0.667. The van der Waals surface area contributed by atoms with Crippen LogP contribution in [0, 0.1) is 11.3 Å². The normalized spacial score (nSPS) is 14.6. The lowest BCUT2D eigenvalue weighted by Crippen LogP contribution is -2.40. The number of hydrogen-bond donors (Lipinski definition) is 4. The van der Waals surface area contributed by atoms with E-state index in [1.807, 2.05) is 46.8 Å². The molecule has 4 N–H and O–H groups in total. The van der Waals surface area contributed by atoms with Crippen LogP contribution in [0.25, 0.3) is 0 Å². The maximum atomic E-state index is 13.8. The van der Waals surface area contributed by atoms with Crippen LogP contribution in [0.5, 0.6) is 0 Å². The first-order valence-electron chi connectivity index (χ1n) is 14.6. The van der Waals surface area contributed by atoms with E-state index in [9.17, 15) is 61.5 Å². The van der Waals surface area contributed by atoms with Crippen molar-refractivity contribution in [3.05, 3.63) is 41.2 Å². The molecule has 0 saturated carbocycles. The Balaban J connectivity index is 4.00. The lowest BCUT2D eigenvalue weighted by molar-refractivity contribution is 0.0761. The highest BCUT2D eigenvalue weighted by atomic mass is 32.2. The number of carbonyl (C=O) groups excluding carboxylic acids is 2. The van der Waals surface area contributed by atoms with Crippen LogP contribution in [-0.4, -0.2) is 128 Å². The number of amides is 2. The van der Waals surface area contributed by atoms with Gasteiger partial charge in [0.15, 0.2) is 0 Å². The van der Waals surface area contributed by atoms with Gasteiger partial charge in [0.05, 0.1) is 23.0 Å². The zero-order valence-electron chi connectivity index (χ0n) is 27.6. The Morgan fingerprint density at radius 3 is 1.25 bits per heavy atom. The highest BCUT2D eigenvalue weighted by Gasteiger charge is 2.31. The van der Waals surface area contributed by atoms with Gasteiger partial charge in [-0.25, -0.2) is 4.98 Å². The molecular formula is C27H45N3O14S4. The highest BCUT2D eigenvalue weighted by molar-refractivity contribution is 7.86. The second-order valence-electron chi connectivity index (χ2n) is 12.4. The van der Waals surface area contributed by atoms with Crippen molar-refractivity contribution < 1.29 is 61.5 Å². The predicted octanol–water partition coefficient (Wildman–Crippen LogP) is 1.42. The summed E-state index contributed by atoms with van der Waals surface area (Å²) in [6.07, 6.45) is 4.18. The highest BCUT2D eigenvalue weighted by Crippen LogP contribution is 2.35. The smallest absolute Gasteiger partial charge is 0.272 e. The van der Waals surface area contributed by atoms with E-state index in [4.69, 9.17) is 0 Å². The van der Waals surface area contributed by atoms with E-state index < -0.39 is 118 Å². The summed E-state index contributed by atoms with van der Waals surface area (Å²) in [6, 6.07) is 2.56. The predicted molar refractivity (Wildman–Crippen MR) is 177 cm³/mol. The minimum absolute atomic E-state index is 0.194. The van der Waals surface area contributed by atoms with Crippen LogP contribution in [0.3, 0.4) is 0 Å². The summed E-state index contributed by atoms with van der Waals surface area (Å²) in [7, 11) is -18.6. The molecule has 2 amide bonds. The molecule has 17 nitrogen and oxygen atoms in total. The Morgan fingerprint density at radius 2 is 1.00 bits per heavy atom. The van der Waals surface area contributed by atoms with E-state index in [0.29, 0.717) is 21.8 Å². The number of allylic oxidation sites excluding steroid dienone is 2. The summed E-state index contributed by atoms with van der Waals surface area (Å²) >= 11 is 0. The van der Waals surface area contributed by atoms with Gasteiger partial charge >= 0.3 is 0 Å². The van der Waals surface area contributed by atoms with Crippen molar-refractivity contribution >= 4 is 52.3 Å². The van der Waals surface area contributed by atoms with Gasteiger partial charge in [-0.1, -0.05) is 53.7 Å². The molecule has 1 atom stereocenters. The van der Waals surface area contributed by atoms with Gasteiger partial charge in [0.25, 0.3) is 52.3 Å². The summed E-state index contributed by atoms with van der Waals surface area (Å²) in [5.41, 5.74) is -1.95. The molecule has 21 heteroatoms. The second kappa shape index (κ2) is 16.5. The average Bonchev–Trinajstić information content (AvgIpc) is 2.92. The molecule has 0 aliphatic carbocycles. The van der Waals surface area contributed by atoms with Gasteiger partial charge in [-0.05, 0) is 35.4 Å². The van der Waals surface area contributed by atoms with E-state index in [-0.39, 0.29) is 11.3 Å². The Labute approximate surface area is 282 Å². The molecule has 1 rings (SSSR count). The summed E-state index contributed by atoms with van der Waals surface area (Å²) in [4.78, 5) is 32.9. The number of aromatic nitrogens is 1. The summed E-state index contributed by atoms with van der Waals surface area (Å²) in [5, 5.41) is 0. The zero-order chi connectivity index (χ0) is 37.5. The van der Waals surface area contributed by atoms with Gasteiger partial charge in [0, 0.05) is 31.6 Å². The Bertz CT molecular complexity index is 1610. The standard InChI is InChI=1S/C27H45N3O14S4/c1-7-27(6,9-8-26(4,5)20(2)3)21-18-22(24(31)29(10-14-45(33,34)35)11-15-46(36,37)38)28-23(19-21)25(32)30(12-16-47(39,40)41)13-17-48(42,43)44/h8-9,18-20H,7,10-17H2,1-6H3,(H,33,34,35)(H,36,37,38)(H,39,40,41)(H,42,43,44)/b9-8+. The van der Waals surface area contributed by atoms with Crippen LogP contribution in [0.1, 0.15) is 74.5 Å². The van der Waals surface area contributed by atoms with Crippen molar-refractivity contribution in [3.63, 3.8) is 0 Å². The lowest BCUT2D eigenvalue weighted by Gasteiger charge is -2.31. The van der Waals surface area contributed by atoms with Crippen molar-refractivity contribution in [2.24, 2.45) is 11.3 Å². The van der Waals surface area contributed by atoms with Crippen LogP contribution in [-0.2, 0) is 45.9 Å². The number of rotatable bonds is 19. The first-order chi connectivity index (χ1) is 21.5. The van der Waals surface area contributed by atoms with Gasteiger partial charge < -0.3 is 9.80 Å². The maximum absolute atomic E-state index is 13.8. The number of carbonyl (C=O) groups is 2. The molecule has 0 saturated heterocycles. The Hall–Kier alpha value is -2.53. The minimum Gasteiger partial charge on any atom is -0.335 e. The average molecular weight is 764 g/mol. The molecule has 0 spiro atoms. The number of hydrogen-bond acceptors (Lipinski definition) is 11. The van der Waals surface area contributed by atoms with E-state index >= 15 is 0 Å². The third-order valence-electron chi connectivity index (χ3n) is 8.08. The van der Waals surface area contributed by atoms with Crippen LogP contribution in [0.2, 0.25) is 0 Å². The van der Waals surface area contributed by atoms with E-state index in [1.54, 1.807) is 6.92 Å². The van der Waals surface area contributed by atoms with Crippen molar-refractivity contribution in [3.8, 4) is 0 Å². The summed E-state index contributed by atoms with van der Waals surface area (Å²) < 4.78 is 129. The number of nitrogens with zero attached hydrogens (tertiary/aromatic N) is 3. The summed E-state index contributed by atoms with van der Waals surface area (Å²) in [6.45, 7) is 8.61. The molecule has 0 radical (unpaired) electrons. The van der Waals surface area contributed by atoms with Gasteiger partial charge in [0.1, 0.15) is 11.4 Å². The van der Waals surface area contributed by atoms with Gasteiger partial charge in [-0.15, -0.1) is 0 Å². The Kier molecular flexibility index (Phi) is 14.9. The molecule has 0 bridgehead atoms. The molecule has 0 aromatic carbocycles. The molecule has 1 aromatic heterocycles. The van der Waals surface area contributed by atoms with Crippen LogP contribution in [0.15, 0.2) is 24.3 Å².